The Morgan fingerprint density at radius 1 is 1.26 bits per heavy atom. The summed E-state index contributed by atoms with van der Waals surface area (Å²) in [6.45, 7) is 0. The summed E-state index contributed by atoms with van der Waals surface area (Å²) in [4.78, 5) is 24.9. The van der Waals surface area contributed by atoms with E-state index in [1.807, 2.05) is 53.9 Å². The molecule has 0 saturated carbocycles. The number of ether oxygens (including phenoxy) is 1. The molecule has 0 fully saturated rings. The number of carbonyl (C=O) groups is 1. The van der Waals surface area contributed by atoms with Crippen molar-refractivity contribution in [3.05, 3.63) is 65.7 Å². The first-order valence-electron chi connectivity index (χ1n) is 8.18. The quantitative estimate of drug-likeness (QED) is 0.469. The van der Waals surface area contributed by atoms with Crippen molar-refractivity contribution in [2.75, 3.05) is 12.4 Å². The van der Waals surface area contributed by atoms with Crippen molar-refractivity contribution in [2.45, 2.75) is 10.4 Å². The third-order valence-electron chi connectivity index (χ3n) is 3.90. The molecular weight excluding hydrogens is 380 g/mol. The molecule has 2 aromatic carbocycles. The molecule has 4 aromatic rings. The second-order valence-electron chi connectivity index (χ2n) is 5.66. The number of rotatable bonds is 6. The zero-order valence-electron chi connectivity index (χ0n) is 14.4. The van der Waals surface area contributed by atoms with Crippen LogP contribution in [0.1, 0.15) is 10.8 Å². The lowest BCUT2D eigenvalue weighted by molar-refractivity contribution is -0.115. The molecule has 2 heterocycles. The zero-order valence-corrected chi connectivity index (χ0v) is 16.0. The van der Waals surface area contributed by atoms with E-state index < -0.39 is 5.25 Å². The summed E-state index contributed by atoms with van der Waals surface area (Å²) in [6, 6.07) is 15.3. The van der Waals surface area contributed by atoms with E-state index in [9.17, 15) is 4.79 Å². The molecule has 0 aliphatic rings. The van der Waals surface area contributed by atoms with Crippen LogP contribution in [0, 0.1) is 0 Å². The molecular formula is C19H16N4O2S2. The molecule has 0 aliphatic heterocycles. The number of anilines is 1. The van der Waals surface area contributed by atoms with Gasteiger partial charge in [-0.05, 0) is 17.7 Å². The van der Waals surface area contributed by atoms with Gasteiger partial charge >= 0.3 is 0 Å². The van der Waals surface area contributed by atoms with Crippen molar-refractivity contribution >= 4 is 45.2 Å². The van der Waals surface area contributed by atoms with E-state index in [0.717, 1.165) is 22.3 Å². The van der Waals surface area contributed by atoms with Crippen LogP contribution in [0.2, 0.25) is 0 Å². The Balaban J connectivity index is 1.63. The highest BCUT2D eigenvalue weighted by Gasteiger charge is 2.24. The van der Waals surface area contributed by atoms with Crippen molar-refractivity contribution in [3.63, 3.8) is 0 Å². The van der Waals surface area contributed by atoms with Crippen molar-refractivity contribution in [3.8, 4) is 5.75 Å². The lowest BCUT2D eigenvalue weighted by Crippen LogP contribution is -2.19. The summed E-state index contributed by atoms with van der Waals surface area (Å²) in [5, 5.41) is 5.49. The van der Waals surface area contributed by atoms with Crippen molar-refractivity contribution in [1.82, 2.24) is 15.0 Å². The molecule has 1 atom stereocenters. The van der Waals surface area contributed by atoms with Gasteiger partial charge in [-0.25, -0.2) is 9.97 Å². The first-order chi connectivity index (χ1) is 13.2. The summed E-state index contributed by atoms with van der Waals surface area (Å²) in [7, 11) is 1.63. The number of hydrogen-bond donors (Lipinski definition) is 2. The van der Waals surface area contributed by atoms with Crippen LogP contribution in [0.15, 0.2) is 65.3 Å². The molecule has 0 aliphatic carbocycles. The molecule has 6 nitrogen and oxygen atoms in total. The number of thioether (sulfide) groups is 1. The summed E-state index contributed by atoms with van der Waals surface area (Å²) in [5.41, 5.74) is 2.59. The van der Waals surface area contributed by atoms with Gasteiger partial charge in [-0.1, -0.05) is 42.1 Å². The minimum Gasteiger partial charge on any atom is -0.497 e. The first-order valence-corrected chi connectivity index (χ1v) is 9.94. The second-order valence-corrected chi connectivity index (χ2v) is 7.65. The van der Waals surface area contributed by atoms with Gasteiger partial charge in [0.2, 0.25) is 5.91 Å². The van der Waals surface area contributed by atoms with E-state index in [0.29, 0.717) is 10.3 Å². The van der Waals surface area contributed by atoms with Crippen LogP contribution in [0.25, 0.3) is 11.0 Å². The molecule has 2 aromatic heterocycles. The molecule has 1 amide bonds. The smallest absolute Gasteiger partial charge is 0.244 e. The van der Waals surface area contributed by atoms with Crippen LogP contribution in [0.4, 0.5) is 5.13 Å². The number of nitrogens with one attached hydrogen (secondary N) is 2. The van der Waals surface area contributed by atoms with Gasteiger partial charge in [0, 0.05) is 17.6 Å². The first kappa shape index (κ1) is 17.6. The number of methoxy groups -OCH3 is 1. The molecule has 0 bridgehead atoms. The van der Waals surface area contributed by atoms with Crippen LogP contribution in [-0.2, 0) is 4.79 Å². The average molecular weight is 396 g/mol. The van der Waals surface area contributed by atoms with E-state index >= 15 is 0 Å². The average Bonchev–Trinajstić information content (AvgIpc) is 3.35. The third kappa shape index (κ3) is 3.96. The maximum absolute atomic E-state index is 12.9. The predicted molar refractivity (Wildman–Crippen MR) is 108 cm³/mol. The monoisotopic (exact) mass is 396 g/mol. The SMILES string of the molecule is COc1ccc2nc(S[C@H](C(=O)Nc3nccs3)c3ccccc3)[nH]c2c1. The van der Waals surface area contributed by atoms with Gasteiger partial charge in [0.15, 0.2) is 10.3 Å². The number of benzene rings is 2. The summed E-state index contributed by atoms with van der Waals surface area (Å²) in [6.07, 6.45) is 1.66. The Hall–Kier alpha value is -2.84. The van der Waals surface area contributed by atoms with E-state index in [2.05, 4.69) is 20.3 Å². The topological polar surface area (TPSA) is 79.9 Å². The number of aromatic amines is 1. The number of carbonyl (C=O) groups excluding carboxylic acids is 1. The lowest BCUT2D eigenvalue weighted by Gasteiger charge is -2.14. The Bertz CT molecular complexity index is 1050. The highest BCUT2D eigenvalue weighted by atomic mass is 32.2. The molecule has 27 heavy (non-hydrogen) atoms. The standard InChI is InChI=1S/C19H16N4O2S2/c1-25-13-7-8-14-15(11-13)22-19(21-14)27-16(12-5-3-2-4-6-12)17(24)23-18-20-9-10-26-18/h2-11,16H,1H3,(H,21,22)(H,20,23,24)/t16-/m0/s1. The van der Waals surface area contributed by atoms with E-state index in [1.54, 1.807) is 13.3 Å². The number of amides is 1. The van der Waals surface area contributed by atoms with Crippen LogP contribution < -0.4 is 10.1 Å². The summed E-state index contributed by atoms with van der Waals surface area (Å²) < 4.78 is 5.25. The van der Waals surface area contributed by atoms with E-state index in [-0.39, 0.29) is 5.91 Å². The Kier molecular flexibility index (Phi) is 5.08. The van der Waals surface area contributed by atoms with Gasteiger partial charge in [-0.3, -0.25) is 4.79 Å². The number of thiazole rings is 1. The molecule has 0 unspecified atom stereocenters. The number of fused-ring (bicyclic) bond motifs is 1. The molecule has 0 spiro atoms. The Morgan fingerprint density at radius 3 is 2.85 bits per heavy atom. The highest BCUT2D eigenvalue weighted by molar-refractivity contribution is 8.00. The number of nitrogens with zero attached hydrogens (tertiary/aromatic N) is 2. The van der Waals surface area contributed by atoms with Crippen LogP contribution >= 0.6 is 23.1 Å². The highest BCUT2D eigenvalue weighted by Crippen LogP contribution is 2.36. The van der Waals surface area contributed by atoms with Crippen molar-refractivity contribution < 1.29 is 9.53 Å². The van der Waals surface area contributed by atoms with Gasteiger partial charge in [0.1, 0.15) is 11.0 Å². The van der Waals surface area contributed by atoms with Crippen molar-refractivity contribution in [2.24, 2.45) is 0 Å². The van der Waals surface area contributed by atoms with Gasteiger partial charge < -0.3 is 15.0 Å². The molecule has 0 saturated heterocycles. The van der Waals surface area contributed by atoms with Gasteiger partial charge in [0.25, 0.3) is 0 Å². The molecule has 136 valence electrons. The molecule has 0 radical (unpaired) electrons. The molecule has 2 N–H and O–H groups in total. The largest absolute Gasteiger partial charge is 0.497 e. The minimum absolute atomic E-state index is 0.140. The normalized spacial score (nSPS) is 12.0. The van der Waals surface area contributed by atoms with Gasteiger partial charge in [-0.15, -0.1) is 11.3 Å². The fourth-order valence-electron chi connectivity index (χ4n) is 2.62. The molecule has 8 heteroatoms. The molecule has 4 rings (SSSR count). The number of imidazole rings is 1. The van der Waals surface area contributed by atoms with Gasteiger partial charge in [-0.2, -0.15) is 0 Å². The van der Waals surface area contributed by atoms with Crippen LogP contribution in [-0.4, -0.2) is 28.0 Å². The maximum atomic E-state index is 12.9. The fourth-order valence-corrected chi connectivity index (χ4v) is 4.15. The van der Waals surface area contributed by atoms with Crippen molar-refractivity contribution in [1.29, 1.82) is 0 Å². The van der Waals surface area contributed by atoms with E-state index in [1.165, 1.54) is 23.1 Å². The Morgan fingerprint density at radius 2 is 2.11 bits per heavy atom. The number of H-pyrrole nitrogens is 1. The minimum atomic E-state index is -0.461. The van der Waals surface area contributed by atoms with Gasteiger partial charge in [0.05, 0.1) is 18.1 Å². The maximum Gasteiger partial charge on any atom is 0.244 e. The third-order valence-corrected chi connectivity index (χ3v) is 5.73. The zero-order chi connectivity index (χ0) is 18.6. The van der Waals surface area contributed by atoms with Crippen LogP contribution in [0.3, 0.4) is 0 Å². The number of aromatic nitrogens is 3. The van der Waals surface area contributed by atoms with E-state index in [4.69, 9.17) is 4.74 Å². The summed E-state index contributed by atoms with van der Waals surface area (Å²) in [5.74, 6) is 0.614. The number of hydrogen-bond acceptors (Lipinski definition) is 6. The summed E-state index contributed by atoms with van der Waals surface area (Å²) >= 11 is 2.76. The fraction of sp³-hybridized carbons (Fsp3) is 0.105. The predicted octanol–water partition coefficient (Wildman–Crippen LogP) is 4.50. The second kappa shape index (κ2) is 7.81. The van der Waals surface area contributed by atoms with Crippen LogP contribution in [0.5, 0.6) is 5.75 Å². The lowest BCUT2D eigenvalue weighted by atomic mass is 10.1. The Labute approximate surface area is 164 Å².